The Morgan fingerprint density at radius 2 is 0.750 bits per heavy atom. The van der Waals surface area contributed by atoms with Crippen LogP contribution in [0.25, 0.3) is 0 Å². The number of ketones is 2. The molecule has 45 nitrogen and oxygen atoms in total. The molecular formula is C95H139N7O38. The number of carbonyl (C=O) groups is 18. The first kappa shape index (κ1) is 118. The Kier molecular flexibility index (Phi) is 51.1. The van der Waals surface area contributed by atoms with E-state index < -0.39 is 216 Å². The van der Waals surface area contributed by atoms with Crippen LogP contribution < -0.4 is 37.6 Å². The van der Waals surface area contributed by atoms with Crippen molar-refractivity contribution in [2.24, 2.45) is 41.2 Å². The van der Waals surface area contributed by atoms with E-state index >= 15 is 0 Å². The number of Topliss-reactive ketones (excluding diaryl/α,β-unsaturated/α-hetero) is 2. The first-order chi connectivity index (χ1) is 66.4. The topological polar surface area (TPSA) is 590 Å². The predicted octanol–water partition coefficient (Wildman–Crippen LogP) is 2.87. The van der Waals surface area contributed by atoms with Gasteiger partial charge in [0.05, 0.1) is 115 Å². The van der Waals surface area contributed by atoms with Gasteiger partial charge in [-0.05, 0) is 67.5 Å². The maximum absolute atomic E-state index is 14.3. The number of rotatable bonds is 58. The van der Waals surface area contributed by atoms with Crippen molar-refractivity contribution >= 4 is 107 Å². The quantitative estimate of drug-likeness (QED) is 0.0217. The molecule has 0 spiro atoms. The van der Waals surface area contributed by atoms with E-state index in [4.69, 9.17) is 100 Å². The number of hydrogen-bond donors (Lipinski definition) is 7. The van der Waals surface area contributed by atoms with Crippen LogP contribution in [-0.4, -0.2) is 317 Å². The molecule has 4 aliphatic rings. The van der Waals surface area contributed by atoms with Gasteiger partial charge in [-0.3, -0.25) is 86.3 Å². The van der Waals surface area contributed by atoms with Crippen molar-refractivity contribution in [3.8, 4) is 0 Å². The zero-order valence-electron chi connectivity index (χ0n) is 82.5. The summed E-state index contributed by atoms with van der Waals surface area (Å²) in [4.78, 5) is 229. The van der Waals surface area contributed by atoms with Crippen LogP contribution in [0.5, 0.6) is 0 Å². The van der Waals surface area contributed by atoms with Crippen LogP contribution in [0.3, 0.4) is 0 Å². The zero-order valence-corrected chi connectivity index (χ0v) is 82.5. The van der Waals surface area contributed by atoms with Crippen LogP contribution in [0.2, 0.25) is 0 Å². The van der Waals surface area contributed by atoms with Gasteiger partial charge >= 0.3 is 59.7 Å². The predicted molar refractivity (Wildman–Crippen MR) is 485 cm³/mol. The lowest BCUT2D eigenvalue weighted by molar-refractivity contribution is -0.290. The van der Waals surface area contributed by atoms with Gasteiger partial charge in [-0.1, -0.05) is 39.8 Å². The first-order valence-corrected chi connectivity index (χ1v) is 46.8. The van der Waals surface area contributed by atoms with Crippen LogP contribution >= 0.6 is 0 Å². The van der Waals surface area contributed by atoms with Crippen LogP contribution in [0.15, 0.2) is 36.4 Å². The molecule has 140 heavy (non-hydrogen) atoms. The minimum absolute atomic E-state index is 0.00243. The number of ether oxygens (including phenoxy) is 20. The van der Waals surface area contributed by atoms with E-state index in [9.17, 15) is 86.3 Å². The second-order valence-corrected chi connectivity index (χ2v) is 34.6. The van der Waals surface area contributed by atoms with E-state index in [0.29, 0.717) is 17.5 Å². The van der Waals surface area contributed by atoms with Gasteiger partial charge in [0.25, 0.3) is 11.8 Å². The van der Waals surface area contributed by atoms with Gasteiger partial charge in [-0.2, -0.15) is 0 Å². The molecule has 2 aliphatic carbocycles. The van der Waals surface area contributed by atoms with Crippen molar-refractivity contribution in [1.29, 1.82) is 0 Å². The molecule has 4 fully saturated rings. The minimum Gasteiger partial charge on any atom is -0.466 e. The Balaban J connectivity index is 1.09. The molecule has 6 amide bonds. The van der Waals surface area contributed by atoms with Crippen molar-refractivity contribution in [2.45, 2.75) is 267 Å². The van der Waals surface area contributed by atoms with Crippen molar-refractivity contribution in [1.82, 2.24) is 31.9 Å². The summed E-state index contributed by atoms with van der Waals surface area (Å²) in [5.74, 6) is -13.4. The van der Waals surface area contributed by atoms with Gasteiger partial charge in [-0.25, -0.2) is 0 Å². The molecule has 2 saturated heterocycles. The standard InChI is InChI=1S/C95H139N7O38/c1-51-69(47-129-57(7)105)43-79(83(101-55(5)103)85(51)133-61(11)109)126-38-34-123-31-27-97-91(118)71-23-21-67(41-73(71)76(115)19-17-29-121-33-37-125-78-44-70(48-130-58(8)106)89(137-65(15)113)87(52(78)2)135-63(13)111)45-99-82(117)26-25-75(96)93(120)100-46-68-22-24-72(92(119)98-28-32-124-36-40-128-95-84(102-56(6)104)86(134-62(12)110)53(3)80(139-95)49-131-59(9)107)74(42-68)77(116)20-18-30-122-35-39-127-94-54(4)88(136-64(14)112)90(138-66(16)114)81(140-94)50-132-60(10)108/h21-24,41-42,51-54,69-70,75,78-81,83-90,94-95H,17-20,25-40,43-50,96H2,1-16H3,(H,97,118)(H,98,119)(H,99,117)(H,100,120)(H,101,103)(H,102,104)/t51-,52-,53-,54+,69+,70+,75+,78?,79?,80+,81+,83-,84+,85-,86-,87+,88+,89-,90-,94?,95?/m0/s1. The van der Waals surface area contributed by atoms with Crippen LogP contribution in [0.1, 0.15) is 215 Å². The molecule has 0 aromatic heterocycles. The van der Waals surface area contributed by atoms with Gasteiger partial charge < -0.3 is 132 Å². The van der Waals surface area contributed by atoms with Crippen molar-refractivity contribution in [3.05, 3.63) is 69.8 Å². The highest BCUT2D eigenvalue weighted by atomic mass is 16.7. The van der Waals surface area contributed by atoms with Crippen molar-refractivity contribution in [3.63, 3.8) is 0 Å². The fourth-order valence-electron chi connectivity index (χ4n) is 16.5. The largest absolute Gasteiger partial charge is 0.466 e. The summed E-state index contributed by atoms with van der Waals surface area (Å²) in [5.41, 5.74) is 7.10. The molecule has 2 aromatic rings. The summed E-state index contributed by atoms with van der Waals surface area (Å²) >= 11 is 0. The number of amides is 6. The Hall–Kier alpha value is -11.1. The highest BCUT2D eigenvalue weighted by Gasteiger charge is 2.52. The highest BCUT2D eigenvalue weighted by Crippen LogP contribution is 2.39. The second-order valence-electron chi connectivity index (χ2n) is 34.6. The van der Waals surface area contributed by atoms with E-state index in [2.05, 4.69) is 31.9 Å². The maximum Gasteiger partial charge on any atom is 0.303 e. The average molecular weight is 1990 g/mol. The third-order valence-electron chi connectivity index (χ3n) is 23.3. The Labute approximate surface area is 813 Å². The number of benzene rings is 2. The summed E-state index contributed by atoms with van der Waals surface area (Å²) in [6.07, 6.45) is -11.0. The fourth-order valence-corrected chi connectivity index (χ4v) is 16.5. The summed E-state index contributed by atoms with van der Waals surface area (Å²) < 4.78 is 114. The highest BCUT2D eigenvalue weighted by molar-refractivity contribution is 6.09. The average Bonchev–Trinajstić information content (AvgIpc) is 0.802. The van der Waals surface area contributed by atoms with Gasteiger partial charge in [0, 0.05) is 188 Å². The molecular weight excluding hydrogens is 1850 g/mol. The first-order valence-electron chi connectivity index (χ1n) is 46.8. The molecule has 8 N–H and O–H groups in total. The minimum atomic E-state index is -1.25. The zero-order chi connectivity index (χ0) is 103. The molecule has 782 valence electrons. The lowest BCUT2D eigenvalue weighted by Crippen LogP contribution is -2.63. The summed E-state index contributed by atoms with van der Waals surface area (Å²) in [7, 11) is 0. The fraction of sp³-hybridized carbons (Fsp3) is 0.684. The molecule has 2 aromatic carbocycles. The Morgan fingerprint density at radius 3 is 1.24 bits per heavy atom. The number of carbonyl (C=O) groups excluding carboxylic acids is 18. The number of hydrogen-bond acceptors (Lipinski definition) is 39. The number of esters is 10. The van der Waals surface area contributed by atoms with Gasteiger partial charge in [0.1, 0.15) is 62.0 Å². The Bertz CT molecular complexity index is 4490. The Morgan fingerprint density at radius 1 is 0.357 bits per heavy atom. The maximum atomic E-state index is 14.3. The van der Waals surface area contributed by atoms with Gasteiger partial charge in [-0.15, -0.1) is 0 Å². The molecule has 2 saturated carbocycles. The summed E-state index contributed by atoms with van der Waals surface area (Å²) in [5, 5.41) is 16.6. The lowest BCUT2D eigenvalue weighted by Gasteiger charge is -2.45. The van der Waals surface area contributed by atoms with Gasteiger partial charge in [0.15, 0.2) is 30.3 Å². The van der Waals surface area contributed by atoms with E-state index in [0.717, 1.165) is 6.92 Å². The third kappa shape index (κ3) is 40.8. The molecule has 2 aliphatic heterocycles. The van der Waals surface area contributed by atoms with E-state index in [1.165, 1.54) is 106 Å². The monoisotopic (exact) mass is 1990 g/mol. The van der Waals surface area contributed by atoms with Crippen LogP contribution in [0.4, 0.5) is 0 Å². The molecule has 45 heteroatoms. The van der Waals surface area contributed by atoms with E-state index in [1.807, 2.05) is 6.92 Å². The molecule has 0 bridgehead atoms. The lowest BCUT2D eigenvalue weighted by atomic mass is 9.74. The van der Waals surface area contributed by atoms with E-state index in [1.54, 1.807) is 26.8 Å². The number of nitrogens with one attached hydrogen (secondary N) is 6. The molecule has 21 atom stereocenters. The SMILES string of the molecule is CC(=O)N[C@H]1C(OCCOCCNC(=O)c2ccc(CNC(=O)[C@H](N)CCC(=O)NCc3ccc(C(=O)NCCOCCOC4C[C@H](COC(C)=O)[C@H](C)[C@H](OC(C)=O)[C@H]4NC(C)=O)c(C(=O)CCCOCCOC4C[C@H](COC(C)=O)[C@H](OC(C)=O)[C@H](OC(C)=O)[C@H]4C)c3)cc2C(=O)CCCOCCOC2O[C@H](COC(C)=O)[C@H](OC(C)=O)[C@H](OC(C)=O)[C@H]2C)O[C@H](COC(C)=O)[C@H](C)[C@@H]1OC(C)=O. The van der Waals surface area contributed by atoms with Crippen LogP contribution in [-0.2, 0) is 175 Å². The summed E-state index contributed by atoms with van der Waals surface area (Å²) in [6, 6.07) is 5.84. The number of nitrogens with two attached hydrogens (primary N) is 1. The third-order valence-corrected chi connectivity index (χ3v) is 23.3. The normalized spacial score (nSPS) is 24.4. The van der Waals surface area contributed by atoms with Crippen molar-refractivity contribution in [2.75, 3.05) is 119 Å². The molecule has 6 rings (SSSR count). The second kappa shape index (κ2) is 60.9. The molecule has 2 heterocycles. The summed E-state index contributed by atoms with van der Waals surface area (Å²) in [6.45, 7) is 20.3. The molecule has 0 radical (unpaired) electrons. The van der Waals surface area contributed by atoms with Crippen LogP contribution in [0, 0.1) is 35.5 Å². The van der Waals surface area contributed by atoms with Gasteiger partial charge in [0.2, 0.25) is 23.6 Å². The van der Waals surface area contributed by atoms with E-state index in [-0.39, 0.29) is 217 Å². The molecule has 4 unspecified atom stereocenters. The smallest absolute Gasteiger partial charge is 0.303 e. The van der Waals surface area contributed by atoms with Crippen molar-refractivity contribution < 1.29 is 181 Å².